The first-order chi connectivity index (χ1) is 20.2. The molecule has 0 bridgehead atoms. The molecular weight excluding hydrogens is 596 g/mol. The molecule has 3 aliphatic rings. The smallest absolute Gasteiger partial charge is 0.222 e. The molecule has 43 heavy (non-hydrogen) atoms. The van der Waals surface area contributed by atoms with Gasteiger partial charge < -0.3 is 99.9 Å². The summed E-state index contributed by atoms with van der Waals surface area (Å²) in [7, 11) is 0. The summed E-state index contributed by atoms with van der Waals surface area (Å²) in [5.41, 5.74) is 0. The minimum absolute atomic E-state index is 0.797. The summed E-state index contributed by atoms with van der Waals surface area (Å²) in [6.07, 6.45) is -21.6. The highest BCUT2D eigenvalue weighted by Gasteiger charge is 2.62. The van der Waals surface area contributed by atoms with Crippen LogP contribution in [0.1, 0.15) is 0 Å². The van der Waals surface area contributed by atoms with Gasteiger partial charge in [0.05, 0.1) is 33.0 Å². The maximum absolute atomic E-state index is 10.9. The molecule has 20 nitrogen and oxygen atoms in total. The van der Waals surface area contributed by atoms with Crippen LogP contribution in [0.25, 0.3) is 0 Å². The van der Waals surface area contributed by atoms with Crippen LogP contribution >= 0.6 is 0 Å². The number of rotatable bonds is 16. The topological polar surface area (TPSA) is 339 Å². The fourth-order valence-corrected chi connectivity index (χ4v) is 5.00. The van der Waals surface area contributed by atoms with E-state index < -0.39 is 143 Å². The second-order valence-electron chi connectivity index (χ2n) is 10.6. The third-order valence-electron chi connectivity index (χ3n) is 7.79. The molecule has 3 fully saturated rings. The summed E-state index contributed by atoms with van der Waals surface area (Å²) in [4.78, 5) is 0. The zero-order valence-corrected chi connectivity index (χ0v) is 22.8. The van der Waals surface area contributed by atoms with E-state index in [1.54, 1.807) is 0 Å². The SMILES string of the molecule is OC[C@@H](O)[C@H](O)[C@@H](O)CO[C@]1(CO[C@]2(CO[C@]3(CO)O[C@H](CO)[C@@H](O)[C@@H]3O)O[C@H](CO)[C@@H](O)[C@@H]2O)O[C@H](CO)[C@@H](O)[C@@H]1O. The zero-order valence-electron chi connectivity index (χ0n) is 22.8. The Kier molecular flexibility index (Phi) is 12.6. The van der Waals surface area contributed by atoms with E-state index in [4.69, 9.17) is 33.5 Å². The first kappa shape index (κ1) is 36.7. The molecule has 0 amide bonds. The van der Waals surface area contributed by atoms with Gasteiger partial charge in [0.1, 0.15) is 93.1 Å². The number of aliphatic hydroxyl groups excluding tert-OH is 14. The van der Waals surface area contributed by atoms with Gasteiger partial charge in [0.15, 0.2) is 0 Å². The van der Waals surface area contributed by atoms with Gasteiger partial charge in [0.2, 0.25) is 17.4 Å². The minimum Gasteiger partial charge on any atom is -0.394 e. The third-order valence-corrected chi connectivity index (χ3v) is 7.79. The Morgan fingerprint density at radius 3 is 1.28 bits per heavy atom. The highest BCUT2D eigenvalue weighted by atomic mass is 16.8. The van der Waals surface area contributed by atoms with Gasteiger partial charge in [-0.2, -0.15) is 0 Å². The molecule has 0 aliphatic carbocycles. The first-order valence-electron chi connectivity index (χ1n) is 13.3. The van der Waals surface area contributed by atoms with E-state index >= 15 is 0 Å². The van der Waals surface area contributed by atoms with E-state index in [1.807, 2.05) is 0 Å². The molecule has 0 spiro atoms. The van der Waals surface area contributed by atoms with Gasteiger partial charge in [-0.15, -0.1) is 0 Å². The average molecular weight is 639 g/mol. The predicted octanol–water partition coefficient (Wildman–Crippen LogP) is -9.47. The van der Waals surface area contributed by atoms with Crippen molar-refractivity contribution in [2.75, 3.05) is 52.9 Å². The monoisotopic (exact) mass is 638 g/mol. The van der Waals surface area contributed by atoms with Crippen molar-refractivity contribution in [3.63, 3.8) is 0 Å². The number of hydrogen-bond acceptors (Lipinski definition) is 20. The normalized spacial score (nSPS) is 45.5. The molecule has 0 aromatic rings. The second-order valence-corrected chi connectivity index (χ2v) is 10.6. The summed E-state index contributed by atoms with van der Waals surface area (Å²) in [5.74, 6) is -7.50. The molecule has 3 heterocycles. The number of hydrogen-bond donors (Lipinski definition) is 14. The van der Waals surface area contributed by atoms with Gasteiger partial charge in [0.25, 0.3) is 0 Å². The molecule has 3 saturated heterocycles. The van der Waals surface area contributed by atoms with Crippen LogP contribution < -0.4 is 0 Å². The Morgan fingerprint density at radius 2 is 0.907 bits per heavy atom. The van der Waals surface area contributed by atoms with E-state index in [9.17, 15) is 66.4 Å². The van der Waals surface area contributed by atoms with Crippen molar-refractivity contribution in [3.05, 3.63) is 0 Å². The second kappa shape index (κ2) is 14.7. The molecule has 20 heteroatoms. The molecule has 0 saturated carbocycles. The lowest BCUT2D eigenvalue weighted by Gasteiger charge is -2.40. The molecule has 14 N–H and O–H groups in total. The van der Waals surface area contributed by atoms with Crippen molar-refractivity contribution >= 4 is 0 Å². The van der Waals surface area contributed by atoms with Gasteiger partial charge in [-0.3, -0.25) is 0 Å². The van der Waals surface area contributed by atoms with Crippen molar-refractivity contribution in [1.82, 2.24) is 0 Å². The zero-order chi connectivity index (χ0) is 32.3. The molecule has 0 radical (unpaired) electrons. The van der Waals surface area contributed by atoms with Crippen LogP contribution in [-0.2, 0) is 28.4 Å². The highest BCUT2D eigenvalue weighted by molar-refractivity contribution is 5.02. The van der Waals surface area contributed by atoms with Gasteiger partial charge in [-0.25, -0.2) is 0 Å². The Morgan fingerprint density at radius 1 is 0.535 bits per heavy atom. The molecule has 15 atom stereocenters. The van der Waals surface area contributed by atoms with Crippen LogP contribution in [0.5, 0.6) is 0 Å². The third kappa shape index (κ3) is 6.99. The van der Waals surface area contributed by atoms with Crippen LogP contribution in [0.3, 0.4) is 0 Å². The van der Waals surface area contributed by atoms with Crippen LogP contribution in [0.15, 0.2) is 0 Å². The summed E-state index contributed by atoms with van der Waals surface area (Å²) >= 11 is 0. The van der Waals surface area contributed by atoms with Crippen LogP contribution in [0.2, 0.25) is 0 Å². The van der Waals surface area contributed by atoms with Crippen LogP contribution in [0.4, 0.5) is 0 Å². The Labute approximate surface area is 244 Å². The molecular formula is C23H42O20. The quantitative estimate of drug-likeness (QED) is 0.0746. The van der Waals surface area contributed by atoms with Crippen molar-refractivity contribution in [1.29, 1.82) is 0 Å². The predicted molar refractivity (Wildman–Crippen MR) is 130 cm³/mol. The largest absolute Gasteiger partial charge is 0.394 e. The van der Waals surface area contributed by atoms with E-state index in [0.29, 0.717) is 0 Å². The van der Waals surface area contributed by atoms with Gasteiger partial charge in [-0.05, 0) is 0 Å². The lowest BCUT2D eigenvalue weighted by Crippen LogP contribution is -2.58. The molecule has 0 unspecified atom stereocenters. The lowest BCUT2D eigenvalue weighted by atomic mass is 10.0. The van der Waals surface area contributed by atoms with E-state index in [-0.39, 0.29) is 0 Å². The molecule has 0 aromatic carbocycles. The fourth-order valence-electron chi connectivity index (χ4n) is 5.00. The van der Waals surface area contributed by atoms with E-state index in [1.165, 1.54) is 0 Å². The van der Waals surface area contributed by atoms with Gasteiger partial charge in [0, 0.05) is 0 Å². The fraction of sp³-hybridized carbons (Fsp3) is 1.00. The van der Waals surface area contributed by atoms with Crippen LogP contribution in [-0.4, -0.2) is 215 Å². The molecule has 3 aliphatic heterocycles. The number of aliphatic hydroxyl groups is 14. The molecule has 3 rings (SSSR count). The van der Waals surface area contributed by atoms with Crippen molar-refractivity contribution in [2.24, 2.45) is 0 Å². The van der Waals surface area contributed by atoms with Crippen molar-refractivity contribution in [3.8, 4) is 0 Å². The maximum atomic E-state index is 10.9. The standard InChI is InChI=1S/C23H42O20/c24-1-9(29)14(31)10(30)5-38-22(19(36)16(33)12(3-26)42-22)7-40-23(20(37)17(34)13(4-27)43-23)8-39-21(6-28)18(35)15(32)11(2-25)41-21/h9-20,24-37H,1-8H2/t9-,10+,11-,12-,13-,14+,15-,16-,17-,18+,19+,20+,21-,22-,23-/m1/s1. The summed E-state index contributed by atoms with van der Waals surface area (Å²) in [6.45, 7) is -7.64. The Hall–Kier alpha value is -0.800. The van der Waals surface area contributed by atoms with E-state index in [2.05, 4.69) is 0 Å². The summed E-state index contributed by atoms with van der Waals surface area (Å²) < 4.78 is 33.0. The molecule has 254 valence electrons. The van der Waals surface area contributed by atoms with Gasteiger partial charge in [-0.1, -0.05) is 0 Å². The van der Waals surface area contributed by atoms with Crippen molar-refractivity contribution < 1.29 is 99.9 Å². The van der Waals surface area contributed by atoms with Gasteiger partial charge >= 0.3 is 0 Å². The highest BCUT2D eigenvalue weighted by Crippen LogP contribution is 2.40. The Balaban J connectivity index is 1.89. The Bertz CT molecular complexity index is 871. The average Bonchev–Trinajstić information content (AvgIpc) is 3.52. The lowest BCUT2D eigenvalue weighted by molar-refractivity contribution is -0.366. The van der Waals surface area contributed by atoms with Crippen LogP contribution in [0, 0.1) is 0 Å². The maximum Gasteiger partial charge on any atom is 0.222 e. The molecule has 0 aromatic heterocycles. The first-order valence-corrected chi connectivity index (χ1v) is 13.3. The number of ether oxygens (including phenoxy) is 6. The van der Waals surface area contributed by atoms with Crippen molar-refractivity contribution in [2.45, 2.75) is 90.6 Å². The summed E-state index contributed by atoms with van der Waals surface area (Å²) in [6, 6.07) is 0. The summed E-state index contributed by atoms with van der Waals surface area (Å²) in [5, 5.41) is 141. The minimum atomic E-state index is -2.56. The van der Waals surface area contributed by atoms with E-state index in [0.717, 1.165) is 0 Å².